The largest absolute Gasteiger partial charge is 0.323 e. The number of benzene rings is 1. The van der Waals surface area contributed by atoms with E-state index in [0.29, 0.717) is 0 Å². The van der Waals surface area contributed by atoms with Gasteiger partial charge in [-0.2, -0.15) is 0 Å². The predicted molar refractivity (Wildman–Crippen MR) is 73.1 cm³/mol. The van der Waals surface area contributed by atoms with Crippen LogP contribution in [0, 0.1) is 6.92 Å². The summed E-state index contributed by atoms with van der Waals surface area (Å²) in [7, 11) is 0. The molecule has 0 bridgehead atoms. The van der Waals surface area contributed by atoms with E-state index in [-0.39, 0.29) is 5.91 Å². The highest BCUT2D eigenvalue weighted by Gasteiger charge is 1.97. The molecule has 3 heteroatoms. The Morgan fingerprint density at radius 3 is 2.67 bits per heavy atom. The van der Waals surface area contributed by atoms with Crippen LogP contribution >= 0.6 is 0 Å². The molecule has 3 nitrogen and oxygen atoms in total. The van der Waals surface area contributed by atoms with Crippen LogP contribution in [0.25, 0.3) is 6.08 Å². The highest BCUT2D eigenvalue weighted by atomic mass is 16.1. The second-order valence-electron chi connectivity index (χ2n) is 3.97. The van der Waals surface area contributed by atoms with Gasteiger partial charge >= 0.3 is 0 Å². The van der Waals surface area contributed by atoms with Crippen molar-refractivity contribution in [3.05, 3.63) is 66.0 Å². The molecule has 1 aromatic carbocycles. The summed E-state index contributed by atoms with van der Waals surface area (Å²) >= 11 is 0. The van der Waals surface area contributed by atoms with Crippen LogP contribution in [0.1, 0.15) is 11.1 Å². The molecule has 0 fully saturated rings. The first-order valence-corrected chi connectivity index (χ1v) is 5.70. The molecule has 0 spiro atoms. The molecule has 2 aromatic rings. The van der Waals surface area contributed by atoms with Gasteiger partial charge in [-0.05, 0) is 36.8 Å². The zero-order valence-corrected chi connectivity index (χ0v) is 10.1. The van der Waals surface area contributed by atoms with Crippen molar-refractivity contribution in [1.29, 1.82) is 0 Å². The molecule has 2 rings (SSSR count). The fourth-order valence-electron chi connectivity index (χ4n) is 1.47. The highest BCUT2D eigenvalue weighted by Crippen LogP contribution is 2.08. The molecule has 0 aliphatic rings. The van der Waals surface area contributed by atoms with E-state index in [0.717, 1.165) is 11.3 Å². The van der Waals surface area contributed by atoms with Gasteiger partial charge in [0.05, 0.1) is 0 Å². The van der Waals surface area contributed by atoms with Crippen molar-refractivity contribution >= 4 is 17.7 Å². The molecule has 0 aliphatic heterocycles. The summed E-state index contributed by atoms with van der Waals surface area (Å²) in [5.74, 6) is -0.150. The molecule has 18 heavy (non-hydrogen) atoms. The van der Waals surface area contributed by atoms with E-state index in [1.54, 1.807) is 18.5 Å². The zero-order valence-electron chi connectivity index (χ0n) is 10.1. The molecule has 0 radical (unpaired) electrons. The van der Waals surface area contributed by atoms with E-state index < -0.39 is 0 Å². The third-order valence-corrected chi connectivity index (χ3v) is 2.43. The Hall–Kier alpha value is -2.42. The molecule has 0 saturated heterocycles. The molecule has 0 saturated carbocycles. The Morgan fingerprint density at radius 1 is 1.22 bits per heavy atom. The number of nitrogens with zero attached hydrogens (tertiary/aromatic N) is 1. The lowest BCUT2D eigenvalue weighted by molar-refractivity contribution is -0.111. The molecular formula is C15H14N2O. The molecule has 0 atom stereocenters. The average Bonchev–Trinajstić information content (AvgIpc) is 2.40. The van der Waals surface area contributed by atoms with E-state index in [4.69, 9.17) is 0 Å². The van der Waals surface area contributed by atoms with Gasteiger partial charge in [0.2, 0.25) is 5.91 Å². The first-order valence-electron chi connectivity index (χ1n) is 5.70. The Labute approximate surface area is 106 Å². The van der Waals surface area contributed by atoms with Crippen molar-refractivity contribution in [2.45, 2.75) is 6.92 Å². The molecule has 1 N–H and O–H groups in total. The summed E-state index contributed by atoms with van der Waals surface area (Å²) in [4.78, 5) is 15.6. The van der Waals surface area contributed by atoms with Crippen LogP contribution in [-0.4, -0.2) is 10.9 Å². The summed E-state index contributed by atoms with van der Waals surface area (Å²) < 4.78 is 0. The van der Waals surface area contributed by atoms with Crippen LogP contribution in [0.5, 0.6) is 0 Å². The molecular weight excluding hydrogens is 224 g/mol. The van der Waals surface area contributed by atoms with Crippen LogP contribution in [0.15, 0.2) is 54.9 Å². The van der Waals surface area contributed by atoms with Crippen LogP contribution in [0.2, 0.25) is 0 Å². The Morgan fingerprint density at radius 2 is 2.00 bits per heavy atom. The fourth-order valence-corrected chi connectivity index (χ4v) is 1.47. The third kappa shape index (κ3) is 3.56. The van der Waals surface area contributed by atoms with Crippen LogP contribution in [-0.2, 0) is 4.79 Å². The van der Waals surface area contributed by atoms with Crippen molar-refractivity contribution in [2.24, 2.45) is 0 Å². The Balaban J connectivity index is 1.97. The molecule has 1 heterocycles. The number of aromatic nitrogens is 1. The maximum atomic E-state index is 11.7. The van der Waals surface area contributed by atoms with Gasteiger partial charge < -0.3 is 5.32 Å². The van der Waals surface area contributed by atoms with Gasteiger partial charge in [-0.25, -0.2) is 0 Å². The third-order valence-electron chi connectivity index (χ3n) is 2.43. The number of hydrogen-bond acceptors (Lipinski definition) is 2. The quantitative estimate of drug-likeness (QED) is 0.835. The maximum Gasteiger partial charge on any atom is 0.248 e. The van der Waals surface area contributed by atoms with Crippen molar-refractivity contribution < 1.29 is 4.79 Å². The van der Waals surface area contributed by atoms with Gasteiger partial charge in [-0.15, -0.1) is 0 Å². The molecule has 0 aliphatic carbocycles. The van der Waals surface area contributed by atoms with Crippen molar-refractivity contribution in [3.8, 4) is 0 Å². The minimum absolute atomic E-state index is 0.150. The number of amides is 1. The number of anilines is 1. The highest BCUT2D eigenvalue weighted by molar-refractivity contribution is 6.01. The fraction of sp³-hybridized carbons (Fsp3) is 0.0667. The first kappa shape index (κ1) is 12.0. The van der Waals surface area contributed by atoms with E-state index >= 15 is 0 Å². The first-order chi connectivity index (χ1) is 8.74. The van der Waals surface area contributed by atoms with Gasteiger partial charge in [0.15, 0.2) is 0 Å². The number of hydrogen-bond donors (Lipinski definition) is 1. The summed E-state index contributed by atoms with van der Waals surface area (Å²) in [6, 6.07) is 11.4. The Bertz CT molecular complexity index is 544. The van der Waals surface area contributed by atoms with Gasteiger partial charge in [-0.1, -0.05) is 23.8 Å². The predicted octanol–water partition coefficient (Wildman–Crippen LogP) is 3.04. The van der Waals surface area contributed by atoms with Crippen molar-refractivity contribution in [2.75, 3.05) is 5.32 Å². The van der Waals surface area contributed by atoms with Gasteiger partial charge in [0, 0.05) is 24.2 Å². The number of pyridine rings is 1. The number of carbonyl (C=O) groups excluding carboxylic acids is 1. The lowest BCUT2D eigenvalue weighted by Gasteiger charge is -2.01. The molecule has 0 unspecified atom stereocenters. The molecule has 1 amide bonds. The van der Waals surface area contributed by atoms with E-state index in [1.165, 1.54) is 11.6 Å². The van der Waals surface area contributed by atoms with Crippen LogP contribution in [0.3, 0.4) is 0 Å². The number of carbonyl (C=O) groups is 1. The minimum Gasteiger partial charge on any atom is -0.323 e. The number of aryl methyl sites for hydroxylation is 1. The molecule has 90 valence electrons. The summed E-state index contributed by atoms with van der Waals surface area (Å²) in [6.07, 6.45) is 6.63. The van der Waals surface area contributed by atoms with Gasteiger partial charge in [0.1, 0.15) is 0 Å². The Kier molecular flexibility index (Phi) is 3.86. The summed E-state index contributed by atoms with van der Waals surface area (Å²) in [6.45, 7) is 2.01. The van der Waals surface area contributed by atoms with Crippen LogP contribution in [0.4, 0.5) is 5.69 Å². The molecule has 1 aromatic heterocycles. The lowest BCUT2D eigenvalue weighted by Crippen LogP contribution is -2.07. The topological polar surface area (TPSA) is 42.0 Å². The smallest absolute Gasteiger partial charge is 0.248 e. The van der Waals surface area contributed by atoms with Gasteiger partial charge in [0.25, 0.3) is 0 Å². The SMILES string of the molecule is Cc1ccc(NC(=O)C=Cc2cccnc2)cc1. The average molecular weight is 238 g/mol. The maximum absolute atomic E-state index is 11.7. The number of nitrogens with one attached hydrogen (secondary N) is 1. The second kappa shape index (κ2) is 5.77. The van der Waals surface area contributed by atoms with Crippen LogP contribution < -0.4 is 5.32 Å². The second-order valence-corrected chi connectivity index (χ2v) is 3.97. The number of rotatable bonds is 3. The van der Waals surface area contributed by atoms with Gasteiger partial charge in [-0.3, -0.25) is 9.78 Å². The van der Waals surface area contributed by atoms with Crippen molar-refractivity contribution in [3.63, 3.8) is 0 Å². The zero-order chi connectivity index (χ0) is 12.8. The van der Waals surface area contributed by atoms with E-state index in [1.807, 2.05) is 43.3 Å². The van der Waals surface area contributed by atoms with Crippen molar-refractivity contribution in [1.82, 2.24) is 4.98 Å². The standard InChI is InChI=1S/C15H14N2O/c1-12-4-7-14(8-5-12)17-15(18)9-6-13-3-2-10-16-11-13/h2-11H,1H3,(H,17,18). The lowest BCUT2D eigenvalue weighted by atomic mass is 10.2. The monoisotopic (exact) mass is 238 g/mol. The normalized spacial score (nSPS) is 10.5. The summed E-state index contributed by atoms with van der Waals surface area (Å²) in [5, 5.41) is 2.79. The minimum atomic E-state index is -0.150. The summed E-state index contributed by atoms with van der Waals surface area (Å²) in [5.41, 5.74) is 2.86. The van der Waals surface area contributed by atoms with E-state index in [2.05, 4.69) is 10.3 Å². The van der Waals surface area contributed by atoms with E-state index in [9.17, 15) is 4.79 Å².